The van der Waals surface area contributed by atoms with Gasteiger partial charge in [0.1, 0.15) is 0 Å². The van der Waals surface area contributed by atoms with Gasteiger partial charge in [-0.2, -0.15) is 0 Å². The quantitative estimate of drug-likeness (QED) is 0.591. The molecule has 0 heterocycles. The molecule has 1 atom stereocenters. The second kappa shape index (κ2) is 11.3. The number of unbranched alkanes of at least 4 members (excludes halogenated alkanes) is 1. The fraction of sp³-hybridized carbons (Fsp3) is 0.550. The number of carbonyl (C=O) groups is 3. The number of hydrogen-bond donors (Lipinski definition) is 3. The molecule has 0 fully saturated rings. The van der Waals surface area contributed by atoms with E-state index in [-0.39, 0.29) is 11.9 Å². The first-order chi connectivity index (χ1) is 12.4. The molecule has 1 rings (SSSR count). The number of hydrogen-bond acceptors (Lipinski definition) is 3. The van der Waals surface area contributed by atoms with Gasteiger partial charge in [-0.1, -0.05) is 45.2 Å². The van der Waals surface area contributed by atoms with Gasteiger partial charge in [-0.05, 0) is 38.3 Å². The zero-order valence-electron chi connectivity index (χ0n) is 16.2. The zero-order chi connectivity index (χ0) is 19.5. The highest BCUT2D eigenvalue weighted by atomic mass is 16.2. The summed E-state index contributed by atoms with van der Waals surface area (Å²) < 4.78 is 0. The average molecular weight is 361 g/mol. The van der Waals surface area contributed by atoms with E-state index in [1.54, 1.807) is 24.3 Å². The van der Waals surface area contributed by atoms with Crippen molar-refractivity contribution in [2.24, 2.45) is 5.92 Å². The Labute approximate surface area is 156 Å². The molecule has 6 nitrogen and oxygen atoms in total. The highest BCUT2D eigenvalue weighted by Crippen LogP contribution is 2.15. The Morgan fingerprint density at radius 2 is 1.73 bits per heavy atom. The van der Waals surface area contributed by atoms with E-state index in [1.165, 1.54) is 0 Å². The first-order valence-electron chi connectivity index (χ1n) is 9.38. The van der Waals surface area contributed by atoms with Gasteiger partial charge in [0.25, 0.3) is 5.91 Å². The number of para-hydroxylation sites is 1. The molecular weight excluding hydrogens is 330 g/mol. The van der Waals surface area contributed by atoms with Crippen LogP contribution in [0.4, 0.5) is 5.69 Å². The molecule has 0 spiro atoms. The van der Waals surface area contributed by atoms with Crippen LogP contribution in [0, 0.1) is 5.92 Å². The van der Waals surface area contributed by atoms with Crippen molar-refractivity contribution >= 4 is 23.4 Å². The van der Waals surface area contributed by atoms with Gasteiger partial charge in [0.15, 0.2) is 0 Å². The van der Waals surface area contributed by atoms with E-state index >= 15 is 0 Å². The van der Waals surface area contributed by atoms with Gasteiger partial charge in [-0.25, -0.2) is 0 Å². The number of nitrogens with one attached hydrogen (secondary N) is 3. The van der Waals surface area contributed by atoms with Crippen LogP contribution in [-0.2, 0) is 9.59 Å². The third-order valence-corrected chi connectivity index (χ3v) is 4.14. The predicted molar refractivity (Wildman–Crippen MR) is 104 cm³/mol. The SMILES string of the molecule is CCCC[C@H](CC)CNC(=O)C(=O)Nc1ccccc1C(=O)NC(C)C. The lowest BCUT2D eigenvalue weighted by molar-refractivity contribution is -0.136. The van der Waals surface area contributed by atoms with Crippen molar-refractivity contribution in [1.29, 1.82) is 0 Å². The molecular formula is C20H31N3O3. The second-order valence-corrected chi connectivity index (χ2v) is 6.75. The summed E-state index contributed by atoms with van der Waals surface area (Å²) in [6.07, 6.45) is 4.21. The molecule has 0 saturated carbocycles. The fourth-order valence-corrected chi connectivity index (χ4v) is 2.57. The molecule has 0 aliphatic rings. The zero-order valence-corrected chi connectivity index (χ0v) is 16.2. The third kappa shape index (κ3) is 7.25. The monoisotopic (exact) mass is 361 g/mol. The van der Waals surface area contributed by atoms with E-state index in [4.69, 9.17) is 0 Å². The summed E-state index contributed by atoms with van der Waals surface area (Å²) in [7, 11) is 0. The first kappa shape index (κ1) is 21.7. The highest BCUT2D eigenvalue weighted by Gasteiger charge is 2.19. The Balaban J connectivity index is 2.67. The van der Waals surface area contributed by atoms with Gasteiger partial charge in [-0.3, -0.25) is 14.4 Å². The minimum absolute atomic E-state index is 0.0244. The van der Waals surface area contributed by atoms with Crippen LogP contribution < -0.4 is 16.0 Å². The minimum Gasteiger partial charge on any atom is -0.350 e. The van der Waals surface area contributed by atoms with Gasteiger partial charge in [0.2, 0.25) is 0 Å². The van der Waals surface area contributed by atoms with Crippen LogP contribution in [0.25, 0.3) is 0 Å². The number of amides is 3. The second-order valence-electron chi connectivity index (χ2n) is 6.75. The van der Waals surface area contributed by atoms with Crippen molar-refractivity contribution in [3.63, 3.8) is 0 Å². The number of carbonyl (C=O) groups excluding carboxylic acids is 3. The highest BCUT2D eigenvalue weighted by molar-refractivity contribution is 6.40. The maximum atomic E-state index is 12.2. The maximum Gasteiger partial charge on any atom is 0.313 e. The molecule has 0 radical (unpaired) electrons. The van der Waals surface area contributed by atoms with Crippen LogP contribution in [0.15, 0.2) is 24.3 Å². The number of anilines is 1. The topological polar surface area (TPSA) is 87.3 Å². The molecule has 3 N–H and O–H groups in total. The smallest absolute Gasteiger partial charge is 0.313 e. The van der Waals surface area contributed by atoms with Gasteiger partial charge in [0.05, 0.1) is 11.3 Å². The predicted octanol–water partition coefficient (Wildman–Crippen LogP) is 3.10. The van der Waals surface area contributed by atoms with Crippen LogP contribution in [-0.4, -0.2) is 30.3 Å². The van der Waals surface area contributed by atoms with Crippen molar-refractivity contribution < 1.29 is 14.4 Å². The summed E-state index contributed by atoms with van der Waals surface area (Å²) in [6, 6.07) is 6.62. The Morgan fingerprint density at radius 3 is 2.35 bits per heavy atom. The van der Waals surface area contributed by atoms with E-state index in [0.29, 0.717) is 23.7 Å². The van der Waals surface area contributed by atoms with Gasteiger partial charge in [0, 0.05) is 12.6 Å². The molecule has 26 heavy (non-hydrogen) atoms. The van der Waals surface area contributed by atoms with Crippen molar-refractivity contribution in [2.45, 2.75) is 59.4 Å². The van der Waals surface area contributed by atoms with Crippen LogP contribution in [0.1, 0.15) is 63.7 Å². The molecule has 1 aromatic rings. The van der Waals surface area contributed by atoms with E-state index in [2.05, 4.69) is 29.8 Å². The Hall–Kier alpha value is -2.37. The first-order valence-corrected chi connectivity index (χ1v) is 9.38. The molecule has 0 saturated heterocycles. The average Bonchev–Trinajstić information content (AvgIpc) is 2.61. The summed E-state index contributed by atoms with van der Waals surface area (Å²) in [5.74, 6) is -1.36. The Kier molecular flexibility index (Phi) is 9.41. The van der Waals surface area contributed by atoms with E-state index in [9.17, 15) is 14.4 Å². The van der Waals surface area contributed by atoms with E-state index in [1.807, 2.05) is 13.8 Å². The van der Waals surface area contributed by atoms with Gasteiger partial charge < -0.3 is 16.0 Å². The third-order valence-electron chi connectivity index (χ3n) is 4.14. The van der Waals surface area contributed by atoms with E-state index < -0.39 is 11.8 Å². The molecule has 0 aliphatic carbocycles. The van der Waals surface area contributed by atoms with Crippen LogP contribution in [0.5, 0.6) is 0 Å². The number of rotatable bonds is 9. The summed E-state index contributed by atoms with van der Waals surface area (Å²) >= 11 is 0. The lowest BCUT2D eigenvalue weighted by Gasteiger charge is -2.16. The van der Waals surface area contributed by atoms with Crippen LogP contribution in [0.3, 0.4) is 0 Å². The lowest BCUT2D eigenvalue weighted by atomic mass is 9.99. The lowest BCUT2D eigenvalue weighted by Crippen LogP contribution is -2.38. The Morgan fingerprint density at radius 1 is 1.04 bits per heavy atom. The summed E-state index contributed by atoms with van der Waals surface area (Å²) in [4.78, 5) is 36.5. The molecule has 0 aromatic heterocycles. The summed E-state index contributed by atoms with van der Waals surface area (Å²) in [5, 5.41) is 8.01. The van der Waals surface area contributed by atoms with Gasteiger partial charge in [-0.15, -0.1) is 0 Å². The molecule has 6 heteroatoms. The van der Waals surface area contributed by atoms with Crippen LogP contribution in [0.2, 0.25) is 0 Å². The Bertz CT molecular complexity index is 614. The summed E-state index contributed by atoms with van der Waals surface area (Å²) in [6.45, 7) is 8.41. The van der Waals surface area contributed by atoms with E-state index in [0.717, 1.165) is 25.7 Å². The van der Waals surface area contributed by atoms with Crippen molar-refractivity contribution in [2.75, 3.05) is 11.9 Å². The molecule has 3 amide bonds. The van der Waals surface area contributed by atoms with Crippen molar-refractivity contribution in [1.82, 2.24) is 10.6 Å². The fourth-order valence-electron chi connectivity index (χ4n) is 2.57. The van der Waals surface area contributed by atoms with Gasteiger partial charge >= 0.3 is 11.8 Å². The summed E-state index contributed by atoms with van der Waals surface area (Å²) in [5.41, 5.74) is 0.653. The molecule has 1 aromatic carbocycles. The molecule has 144 valence electrons. The minimum atomic E-state index is -0.764. The van der Waals surface area contributed by atoms with Crippen molar-refractivity contribution in [3.8, 4) is 0 Å². The number of benzene rings is 1. The van der Waals surface area contributed by atoms with Crippen molar-refractivity contribution in [3.05, 3.63) is 29.8 Å². The largest absolute Gasteiger partial charge is 0.350 e. The van der Waals surface area contributed by atoms with Crippen LogP contribution >= 0.6 is 0 Å². The molecule has 0 bridgehead atoms. The molecule has 0 aliphatic heterocycles. The standard InChI is InChI=1S/C20H31N3O3/c1-5-7-10-15(6-2)13-21-19(25)20(26)23-17-12-9-8-11-16(17)18(24)22-14(3)4/h8-9,11-12,14-15H,5-7,10,13H2,1-4H3,(H,21,25)(H,22,24)(H,23,26)/t15-/m0/s1. The maximum absolute atomic E-state index is 12.2. The molecule has 0 unspecified atom stereocenters. The normalized spacial score (nSPS) is 11.7.